The summed E-state index contributed by atoms with van der Waals surface area (Å²) in [6.07, 6.45) is 8.01. The Balaban J connectivity index is -0.00000781. The summed E-state index contributed by atoms with van der Waals surface area (Å²) in [6.45, 7) is 21.2. The smallest absolute Gasteiger partial charge is 0.246 e. The molecule has 95 heavy (non-hydrogen) atoms. The van der Waals surface area contributed by atoms with Crippen molar-refractivity contribution >= 4 is 75.9 Å². The topological polar surface area (TPSA) is 450 Å². The predicted octanol–water partition coefficient (Wildman–Crippen LogP) is 2.19. The molecule has 0 saturated carbocycles. The molecule has 0 saturated heterocycles. The average molecular weight is 1360 g/mol. The fourth-order valence-corrected chi connectivity index (χ4v) is 8.25. The lowest BCUT2D eigenvalue weighted by Gasteiger charge is -2.31. The number of primary amides is 2. The Kier molecular flexibility index (Phi) is 57.5. The Hall–Kier alpha value is -6.41. The fourth-order valence-electron chi connectivity index (χ4n) is 8.25. The van der Waals surface area contributed by atoms with Crippen LogP contribution in [0.1, 0.15) is 191 Å². The third-order valence-electron chi connectivity index (χ3n) is 15.3. The van der Waals surface area contributed by atoms with Gasteiger partial charge in [0.2, 0.25) is 41.4 Å². The van der Waals surface area contributed by atoms with Crippen molar-refractivity contribution in [2.75, 3.05) is 113 Å². The largest absolute Gasteiger partial charge is 0.411 e. The number of nitrogens with zero attached hydrogens (tertiary/aromatic N) is 2. The van der Waals surface area contributed by atoms with Gasteiger partial charge in [0.1, 0.15) is 36.3 Å². The van der Waals surface area contributed by atoms with E-state index >= 15 is 0 Å². The minimum Gasteiger partial charge on any atom is -0.411 e. The van der Waals surface area contributed by atoms with E-state index in [0.717, 1.165) is 6.42 Å². The summed E-state index contributed by atoms with van der Waals surface area (Å²) in [5, 5.41) is 51.8. The molecule has 0 aromatic rings. The molecule has 0 aliphatic heterocycles. The van der Waals surface area contributed by atoms with Crippen molar-refractivity contribution in [3.63, 3.8) is 0 Å². The molecule has 30 heteroatoms. The number of carbonyl (C=O) groups is 11. The van der Waals surface area contributed by atoms with Crippen LogP contribution in [0.5, 0.6) is 0 Å². The third-order valence-corrected chi connectivity index (χ3v) is 15.3. The molecular weight excluding hydrogens is 1230 g/mol. The van der Waals surface area contributed by atoms with Crippen molar-refractivity contribution in [3.05, 3.63) is 0 Å². The SMILES string of the molecule is CCC(C)=O.CCC(C)=O.CN[C@@H](CCCCNC(=O)COCCOCCNC(=O)COCCOCCNC(=O)CCCC(=O)NCCCC[C@H](CC(=O)CCCC(=O)CC(CNC(C)(C)/C(C)=N/O)CNC(C)(C)/C(C)=N/O)C(=O)NCCCC[C@H](NC)C(N)=O)C(N)=O. The Labute approximate surface area is 564 Å². The minimum atomic E-state index is -0.647. The third kappa shape index (κ3) is 55.4. The van der Waals surface area contributed by atoms with Crippen molar-refractivity contribution in [1.29, 1.82) is 0 Å². The Morgan fingerprint density at radius 1 is 0.442 bits per heavy atom. The fraction of sp³-hybridized carbons (Fsp3) is 0.800. The maximum Gasteiger partial charge on any atom is 0.246 e. The Bertz CT molecular complexity index is 2220. The second-order valence-corrected chi connectivity index (χ2v) is 24.2. The van der Waals surface area contributed by atoms with Gasteiger partial charge in [0.05, 0.1) is 74.2 Å². The van der Waals surface area contributed by atoms with Gasteiger partial charge in [-0.15, -0.1) is 0 Å². The summed E-state index contributed by atoms with van der Waals surface area (Å²) >= 11 is 0. The maximum atomic E-state index is 13.4. The Morgan fingerprint density at radius 3 is 1.18 bits per heavy atom. The summed E-state index contributed by atoms with van der Waals surface area (Å²) < 4.78 is 21.5. The number of unbranched alkanes of at least 4 members (excludes halogenated alkanes) is 3. The van der Waals surface area contributed by atoms with E-state index in [2.05, 4.69) is 58.2 Å². The Morgan fingerprint density at radius 2 is 0.789 bits per heavy atom. The summed E-state index contributed by atoms with van der Waals surface area (Å²) in [7, 11) is 3.33. The molecule has 30 nitrogen and oxygen atoms in total. The molecule has 0 aliphatic rings. The highest BCUT2D eigenvalue weighted by Gasteiger charge is 2.28. The van der Waals surface area contributed by atoms with E-state index in [4.69, 9.17) is 30.4 Å². The number of Topliss-reactive ketones (excluding diaryl/α,β-unsaturated/α-hetero) is 4. The summed E-state index contributed by atoms with van der Waals surface area (Å²) in [5.74, 6) is -2.64. The van der Waals surface area contributed by atoms with Crippen molar-refractivity contribution < 1.29 is 82.1 Å². The average Bonchev–Trinajstić information content (AvgIpc) is 0.978. The van der Waals surface area contributed by atoms with Crippen LogP contribution in [0.2, 0.25) is 0 Å². The van der Waals surface area contributed by atoms with Gasteiger partial charge in [0, 0.05) is 103 Å². The van der Waals surface area contributed by atoms with Gasteiger partial charge in [-0.2, -0.15) is 0 Å². The number of rotatable bonds is 58. The summed E-state index contributed by atoms with van der Waals surface area (Å²) in [4.78, 5) is 131. The molecule has 0 fully saturated rings. The lowest BCUT2D eigenvalue weighted by molar-refractivity contribution is -0.130. The summed E-state index contributed by atoms with van der Waals surface area (Å²) in [5.41, 5.74) is 10.4. The molecule has 0 rings (SSSR count). The van der Waals surface area contributed by atoms with Crippen molar-refractivity contribution in [1.82, 2.24) is 47.9 Å². The number of ether oxygens (including phenoxy) is 4. The standard InChI is InChI=1S/C57H107N13O15.2C4H8O/c1-41(69-80)56(3,4)67-37-43(38-68-57(5,6)42(2)70-81)35-45(71)18-15-19-46(72)36-44(55(79)66-26-14-11-21-48(61-8)54(59)78)17-9-12-24-62-49(73)22-16-23-50(74)64-27-29-82-31-34-85-40-52(76)65-28-30-83-32-33-84-39-51(75)63-25-13-10-20-47(60-7)53(58)77;2*1-3-4(2)5/h43-44,47-48,60-61,67-68,80-81H,9-40H2,1-8H3,(H2,58,77)(H2,59,78)(H,62,73)(H,63,75)(H,64,74)(H,65,76)(H,66,79);2*3H2,1-2H3/b69-41+,70-42+;;/t44-,47+,48+;;/m1../s1. The first-order valence-electron chi connectivity index (χ1n) is 33.5. The zero-order chi connectivity index (χ0) is 72.5. The van der Waals surface area contributed by atoms with Crippen LogP contribution in [0.3, 0.4) is 0 Å². The molecule has 3 atom stereocenters. The van der Waals surface area contributed by atoms with Gasteiger partial charge in [-0.25, -0.2) is 0 Å². The molecule has 0 bridgehead atoms. The van der Waals surface area contributed by atoms with Crippen LogP contribution in [0, 0.1) is 11.8 Å². The zero-order valence-electron chi connectivity index (χ0n) is 59.4. The number of nitrogens with two attached hydrogens (primary N) is 2. The molecule has 0 aromatic carbocycles. The van der Waals surface area contributed by atoms with Crippen LogP contribution in [0.4, 0.5) is 0 Å². The molecule has 7 amide bonds. The number of oxime groups is 2. The quantitative estimate of drug-likeness (QED) is 0.0180. The van der Waals surface area contributed by atoms with Gasteiger partial charge in [0.15, 0.2) is 0 Å². The van der Waals surface area contributed by atoms with E-state index in [9.17, 15) is 63.2 Å². The number of likely N-dealkylation sites (N-methyl/N-ethyl adjacent to an activating group) is 2. The first-order chi connectivity index (χ1) is 45.0. The molecule has 0 radical (unpaired) electrons. The number of hydrogen-bond acceptors (Lipinski definition) is 23. The molecular formula is C65H123N13O17. The van der Waals surface area contributed by atoms with Crippen molar-refractivity contribution in [2.45, 2.75) is 214 Å². The number of ketones is 4. The second kappa shape index (κ2) is 58.9. The van der Waals surface area contributed by atoms with Gasteiger partial charge in [-0.3, -0.25) is 43.2 Å². The van der Waals surface area contributed by atoms with E-state index in [-0.39, 0.29) is 169 Å². The van der Waals surface area contributed by atoms with E-state index in [1.807, 2.05) is 41.5 Å². The highest BCUT2D eigenvalue weighted by atomic mass is 16.5. The first kappa shape index (κ1) is 92.8. The number of hydrogen-bond donors (Lipinski definition) is 13. The van der Waals surface area contributed by atoms with Gasteiger partial charge in [-0.05, 0) is 140 Å². The molecule has 0 heterocycles. The van der Waals surface area contributed by atoms with Crippen LogP contribution in [-0.4, -0.2) is 222 Å². The number of amides is 7. The number of nitrogens with one attached hydrogen (secondary N) is 9. The van der Waals surface area contributed by atoms with Gasteiger partial charge >= 0.3 is 0 Å². The normalized spacial score (nSPS) is 12.6. The summed E-state index contributed by atoms with van der Waals surface area (Å²) in [6, 6.07) is -0.857. The highest BCUT2D eigenvalue weighted by Crippen LogP contribution is 2.18. The van der Waals surface area contributed by atoms with Crippen LogP contribution in [-0.2, 0) is 71.7 Å². The van der Waals surface area contributed by atoms with Gasteiger partial charge in [-0.1, -0.05) is 30.6 Å². The minimum absolute atomic E-state index is 0.00867. The second-order valence-electron chi connectivity index (χ2n) is 24.2. The van der Waals surface area contributed by atoms with E-state index in [1.54, 1.807) is 41.8 Å². The van der Waals surface area contributed by atoms with Gasteiger partial charge < -0.3 is 98.3 Å². The van der Waals surface area contributed by atoms with E-state index in [0.29, 0.717) is 121 Å². The highest BCUT2D eigenvalue weighted by molar-refractivity contribution is 5.91. The van der Waals surface area contributed by atoms with Crippen molar-refractivity contribution in [2.24, 2.45) is 33.6 Å². The molecule has 550 valence electrons. The van der Waals surface area contributed by atoms with E-state index < -0.39 is 34.9 Å². The van der Waals surface area contributed by atoms with Crippen LogP contribution >= 0.6 is 0 Å². The lowest BCUT2D eigenvalue weighted by atomic mass is 9.92. The first-order valence-corrected chi connectivity index (χ1v) is 33.5. The molecule has 15 N–H and O–H groups in total. The van der Waals surface area contributed by atoms with Crippen LogP contribution in [0.25, 0.3) is 0 Å². The van der Waals surface area contributed by atoms with E-state index in [1.165, 1.54) is 0 Å². The van der Waals surface area contributed by atoms with Crippen LogP contribution < -0.4 is 59.3 Å². The van der Waals surface area contributed by atoms with Gasteiger partial charge in [0.25, 0.3) is 0 Å². The monoisotopic (exact) mass is 1360 g/mol. The molecule has 0 unspecified atom stereocenters. The molecule has 0 aromatic heterocycles. The lowest BCUT2D eigenvalue weighted by Crippen LogP contribution is -2.52. The van der Waals surface area contributed by atoms with Crippen molar-refractivity contribution in [3.8, 4) is 0 Å². The predicted molar refractivity (Wildman–Crippen MR) is 364 cm³/mol. The molecule has 0 aliphatic carbocycles. The zero-order valence-corrected chi connectivity index (χ0v) is 59.4. The maximum absolute atomic E-state index is 13.4. The van der Waals surface area contributed by atoms with Crippen LogP contribution in [0.15, 0.2) is 10.3 Å². The number of carbonyl (C=O) groups excluding carboxylic acids is 11. The molecule has 0 spiro atoms.